The van der Waals surface area contributed by atoms with Crippen molar-refractivity contribution in [1.82, 2.24) is 10.6 Å². The number of amides is 2. The van der Waals surface area contributed by atoms with E-state index >= 15 is 0 Å². The van der Waals surface area contributed by atoms with Crippen molar-refractivity contribution in [3.05, 3.63) is 0 Å². The SMILES string of the molecule is CSCC[C@H](N)C(=O)NC(C)C(=O)NCC(C)C. The second kappa shape index (κ2) is 9.22. The van der Waals surface area contributed by atoms with Crippen molar-refractivity contribution in [3.63, 3.8) is 0 Å². The molecule has 5 nitrogen and oxygen atoms in total. The van der Waals surface area contributed by atoms with Gasteiger partial charge in [0, 0.05) is 6.54 Å². The van der Waals surface area contributed by atoms with Gasteiger partial charge in [-0.05, 0) is 31.3 Å². The highest BCUT2D eigenvalue weighted by Crippen LogP contribution is 1.99. The normalized spacial score (nSPS) is 14.1. The highest BCUT2D eigenvalue weighted by atomic mass is 32.2. The van der Waals surface area contributed by atoms with Crippen molar-refractivity contribution in [1.29, 1.82) is 0 Å². The number of rotatable bonds is 8. The maximum Gasteiger partial charge on any atom is 0.242 e. The minimum absolute atomic E-state index is 0.172. The molecular weight excluding hydrogens is 250 g/mol. The Morgan fingerprint density at radius 1 is 1.22 bits per heavy atom. The van der Waals surface area contributed by atoms with Crippen LogP contribution < -0.4 is 16.4 Å². The maximum absolute atomic E-state index is 11.7. The van der Waals surface area contributed by atoms with Crippen molar-refractivity contribution in [2.45, 2.75) is 39.3 Å². The molecule has 4 N–H and O–H groups in total. The van der Waals surface area contributed by atoms with E-state index in [9.17, 15) is 9.59 Å². The van der Waals surface area contributed by atoms with Gasteiger partial charge in [-0.15, -0.1) is 0 Å². The molecule has 0 saturated heterocycles. The van der Waals surface area contributed by atoms with Gasteiger partial charge in [0.25, 0.3) is 0 Å². The van der Waals surface area contributed by atoms with Crippen LogP contribution in [0.4, 0.5) is 0 Å². The first-order valence-electron chi connectivity index (χ1n) is 6.21. The van der Waals surface area contributed by atoms with E-state index < -0.39 is 12.1 Å². The summed E-state index contributed by atoms with van der Waals surface area (Å²) < 4.78 is 0. The molecule has 0 spiro atoms. The van der Waals surface area contributed by atoms with E-state index in [1.807, 2.05) is 20.1 Å². The van der Waals surface area contributed by atoms with Crippen LogP contribution in [0.5, 0.6) is 0 Å². The van der Waals surface area contributed by atoms with Gasteiger partial charge >= 0.3 is 0 Å². The number of carbonyl (C=O) groups excluding carboxylic acids is 2. The van der Waals surface area contributed by atoms with Crippen LogP contribution in [0.2, 0.25) is 0 Å². The van der Waals surface area contributed by atoms with E-state index in [1.165, 1.54) is 0 Å². The fourth-order valence-corrected chi connectivity index (χ4v) is 1.71. The molecule has 0 heterocycles. The van der Waals surface area contributed by atoms with Crippen LogP contribution in [0.25, 0.3) is 0 Å². The van der Waals surface area contributed by atoms with E-state index in [1.54, 1.807) is 18.7 Å². The molecule has 106 valence electrons. The average molecular weight is 275 g/mol. The lowest BCUT2D eigenvalue weighted by molar-refractivity contribution is -0.129. The first-order chi connectivity index (χ1) is 8.38. The van der Waals surface area contributed by atoms with E-state index in [2.05, 4.69) is 10.6 Å². The van der Waals surface area contributed by atoms with Gasteiger partial charge in [-0.2, -0.15) is 11.8 Å². The summed E-state index contributed by atoms with van der Waals surface area (Å²) in [6, 6.07) is -1.09. The molecule has 6 heteroatoms. The Bertz CT molecular complexity index is 272. The smallest absolute Gasteiger partial charge is 0.242 e. The number of carbonyl (C=O) groups is 2. The lowest BCUT2D eigenvalue weighted by Gasteiger charge is -2.17. The molecule has 0 saturated carbocycles. The molecule has 0 aromatic carbocycles. The average Bonchev–Trinajstić information content (AvgIpc) is 2.32. The van der Waals surface area contributed by atoms with Crippen molar-refractivity contribution in [2.75, 3.05) is 18.6 Å². The molecule has 0 aliphatic rings. The largest absolute Gasteiger partial charge is 0.354 e. The number of thioether (sulfide) groups is 1. The Labute approximate surface area is 114 Å². The fraction of sp³-hybridized carbons (Fsp3) is 0.833. The highest BCUT2D eigenvalue weighted by Gasteiger charge is 2.19. The lowest BCUT2D eigenvalue weighted by Crippen LogP contribution is -2.50. The molecule has 0 aromatic heterocycles. The third-order valence-corrected chi connectivity index (χ3v) is 3.05. The Morgan fingerprint density at radius 3 is 2.33 bits per heavy atom. The summed E-state index contributed by atoms with van der Waals surface area (Å²) >= 11 is 1.64. The second-order valence-corrected chi connectivity index (χ2v) is 5.74. The maximum atomic E-state index is 11.7. The van der Waals surface area contributed by atoms with Gasteiger partial charge in [0.2, 0.25) is 11.8 Å². The second-order valence-electron chi connectivity index (χ2n) is 4.76. The molecule has 2 atom stereocenters. The van der Waals surface area contributed by atoms with Crippen LogP contribution >= 0.6 is 11.8 Å². The predicted molar refractivity (Wildman–Crippen MR) is 76.4 cm³/mol. The van der Waals surface area contributed by atoms with Crippen molar-refractivity contribution >= 4 is 23.6 Å². The summed E-state index contributed by atoms with van der Waals surface area (Å²) in [7, 11) is 0. The van der Waals surface area contributed by atoms with Gasteiger partial charge in [0.15, 0.2) is 0 Å². The van der Waals surface area contributed by atoms with E-state index in [4.69, 9.17) is 5.73 Å². The van der Waals surface area contributed by atoms with Gasteiger partial charge in [-0.1, -0.05) is 13.8 Å². The molecule has 2 amide bonds. The van der Waals surface area contributed by atoms with Crippen molar-refractivity contribution < 1.29 is 9.59 Å². The molecular formula is C12H25N3O2S. The molecule has 0 aromatic rings. The number of hydrogen-bond donors (Lipinski definition) is 3. The van der Waals surface area contributed by atoms with E-state index in [0.717, 1.165) is 5.75 Å². The quantitative estimate of drug-likeness (QED) is 0.596. The minimum atomic E-state index is -0.545. The van der Waals surface area contributed by atoms with Gasteiger partial charge < -0.3 is 16.4 Å². The van der Waals surface area contributed by atoms with Gasteiger partial charge in [0.05, 0.1) is 6.04 Å². The lowest BCUT2D eigenvalue weighted by atomic mass is 10.2. The molecule has 1 unspecified atom stereocenters. The summed E-state index contributed by atoms with van der Waals surface area (Å²) in [5.41, 5.74) is 5.72. The first kappa shape index (κ1) is 17.2. The summed E-state index contributed by atoms with van der Waals surface area (Å²) in [6.45, 7) is 6.30. The minimum Gasteiger partial charge on any atom is -0.354 e. The topological polar surface area (TPSA) is 84.2 Å². The molecule has 0 aliphatic heterocycles. The summed E-state index contributed by atoms with van der Waals surface area (Å²) in [5, 5.41) is 5.40. The zero-order valence-corrected chi connectivity index (χ0v) is 12.5. The Balaban J connectivity index is 4.01. The van der Waals surface area contributed by atoms with Crippen LogP contribution in [-0.4, -0.2) is 42.5 Å². The standard InChI is InChI=1S/C12H25N3O2S/c1-8(2)7-14-11(16)9(3)15-12(17)10(13)5-6-18-4/h8-10H,5-7,13H2,1-4H3,(H,14,16)(H,15,17)/t9?,10-/m0/s1. The van der Waals surface area contributed by atoms with Crippen molar-refractivity contribution in [2.24, 2.45) is 11.7 Å². The molecule has 0 radical (unpaired) electrons. The zero-order valence-electron chi connectivity index (χ0n) is 11.7. The third-order valence-electron chi connectivity index (χ3n) is 2.41. The number of nitrogens with two attached hydrogens (primary N) is 1. The van der Waals surface area contributed by atoms with Crippen molar-refractivity contribution in [3.8, 4) is 0 Å². The Hall–Kier alpha value is -0.750. The number of nitrogens with one attached hydrogen (secondary N) is 2. The van der Waals surface area contributed by atoms with Crippen LogP contribution in [0.1, 0.15) is 27.2 Å². The summed E-state index contributed by atoms with van der Waals surface area (Å²) in [5.74, 6) is 0.786. The zero-order chi connectivity index (χ0) is 14.1. The molecule has 0 aliphatic carbocycles. The molecule has 18 heavy (non-hydrogen) atoms. The number of hydrogen-bond acceptors (Lipinski definition) is 4. The highest BCUT2D eigenvalue weighted by molar-refractivity contribution is 7.98. The monoisotopic (exact) mass is 275 g/mol. The molecule has 0 rings (SSSR count). The van der Waals surface area contributed by atoms with Crippen LogP contribution in [-0.2, 0) is 9.59 Å². The van der Waals surface area contributed by atoms with Gasteiger partial charge in [0.1, 0.15) is 6.04 Å². The Kier molecular flexibility index (Phi) is 8.83. The van der Waals surface area contributed by atoms with Crippen LogP contribution in [0.3, 0.4) is 0 Å². The fourth-order valence-electron chi connectivity index (χ4n) is 1.22. The molecule has 0 fully saturated rings. The summed E-state index contributed by atoms with van der Waals surface area (Å²) in [6.07, 6.45) is 2.58. The first-order valence-corrected chi connectivity index (χ1v) is 7.60. The van der Waals surface area contributed by atoms with Gasteiger partial charge in [-0.3, -0.25) is 9.59 Å². The predicted octanol–water partition coefficient (Wildman–Crippen LogP) is 0.344. The van der Waals surface area contributed by atoms with E-state index in [-0.39, 0.29) is 11.8 Å². The molecule has 0 bridgehead atoms. The van der Waals surface area contributed by atoms with Gasteiger partial charge in [-0.25, -0.2) is 0 Å². The summed E-state index contributed by atoms with van der Waals surface area (Å²) in [4.78, 5) is 23.3. The van der Waals surface area contributed by atoms with Crippen LogP contribution in [0, 0.1) is 5.92 Å². The Morgan fingerprint density at radius 2 is 1.83 bits per heavy atom. The van der Waals surface area contributed by atoms with E-state index in [0.29, 0.717) is 18.9 Å². The van der Waals surface area contributed by atoms with Crippen LogP contribution in [0.15, 0.2) is 0 Å². The third kappa shape index (κ3) is 7.55.